The summed E-state index contributed by atoms with van der Waals surface area (Å²) in [6, 6.07) is 0.775. The van der Waals surface area contributed by atoms with Crippen LogP contribution in [0.1, 0.15) is 46.0 Å². The van der Waals surface area contributed by atoms with Crippen LogP contribution in [-0.4, -0.2) is 41.6 Å². The quantitative estimate of drug-likeness (QED) is 0.842. The highest BCUT2D eigenvalue weighted by Crippen LogP contribution is 2.46. The normalized spacial score (nSPS) is 34.4. The SMILES string of the molecule is CN(C1CCCC1)C1(CN)CSCCC1(C)C. The summed E-state index contributed by atoms with van der Waals surface area (Å²) in [4.78, 5) is 2.66. The van der Waals surface area contributed by atoms with Crippen LogP contribution in [0.3, 0.4) is 0 Å². The lowest BCUT2D eigenvalue weighted by atomic mass is 9.69. The Balaban J connectivity index is 2.21. The Morgan fingerprint density at radius 3 is 2.47 bits per heavy atom. The molecule has 2 nitrogen and oxygen atoms in total. The zero-order valence-corrected chi connectivity index (χ0v) is 12.5. The van der Waals surface area contributed by atoms with Gasteiger partial charge in [-0.3, -0.25) is 4.90 Å². The van der Waals surface area contributed by atoms with E-state index in [0.717, 1.165) is 12.6 Å². The Labute approximate surface area is 111 Å². The zero-order chi connectivity index (χ0) is 12.5. The minimum absolute atomic E-state index is 0.213. The molecule has 1 atom stereocenters. The second kappa shape index (κ2) is 5.10. The molecular formula is C14H28N2S. The van der Waals surface area contributed by atoms with Crippen molar-refractivity contribution in [3.05, 3.63) is 0 Å². The van der Waals surface area contributed by atoms with Crippen LogP contribution in [-0.2, 0) is 0 Å². The van der Waals surface area contributed by atoms with E-state index in [9.17, 15) is 0 Å². The molecule has 0 aromatic heterocycles. The lowest BCUT2D eigenvalue weighted by molar-refractivity contribution is -0.00702. The van der Waals surface area contributed by atoms with Gasteiger partial charge in [0.05, 0.1) is 0 Å². The van der Waals surface area contributed by atoms with Gasteiger partial charge in [0.15, 0.2) is 0 Å². The van der Waals surface area contributed by atoms with E-state index in [2.05, 4.69) is 37.6 Å². The number of hydrogen-bond acceptors (Lipinski definition) is 3. The maximum absolute atomic E-state index is 6.23. The van der Waals surface area contributed by atoms with E-state index in [4.69, 9.17) is 5.73 Å². The summed E-state index contributed by atoms with van der Waals surface area (Å²) in [7, 11) is 2.33. The lowest BCUT2D eigenvalue weighted by Gasteiger charge is -2.56. The van der Waals surface area contributed by atoms with Gasteiger partial charge in [0, 0.05) is 23.9 Å². The number of thioether (sulfide) groups is 1. The van der Waals surface area contributed by atoms with Crippen LogP contribution in [0, 0.1) is 5.41 Å². The lowest BCUT2D eigenvalue weighted by Crippen LogP contribution is -2.66. The van der Waals surface area contributed by atoms with Gasteiger partial charge in [-0.25, -0.2) is 0 Å². The Morgan fingerprint density at radius 1 is 1.29 bits per heavy atom. The standard InChI is InChI=1S/C14H28N2S/c1-13(2)8-9-17-11-14(13,10-15)16(3)12-6-4-5-7-12/h12H,4-11,15H2,1-3H3. The maximum atomic E-state index is 6.23. The Morgan fingerprint density at radius 2 is 1.94 bits per heavy atom. The van der Waals surface area contributed by atoms with Crippen LogP contribution in [0.2, 0.25) is 0 Å². The predicted molar refractivity (Wildman–Crippen MR) is 77.5 cm³/mol. The van der Waals surface area contributed by atoms with Gasteiger partial charge < -0.3 is 5.73 Å². The molecular weight excluding hydrogens is 228 g/mol. The fourth-order valence-electron chi connectivity index (χ4n) is 3.70. The molecule has 0 aromatic rings. The van der Waals surface area contributed by atoms with E-state index in [1.165, 1.54) is 43.6 Å². The van der Waals surface area contributed by atoms with Crippen molar-refractivity contribution in [3.8, 4) is 0 Å². The minimum atomic E-state index is 0.213. The molecule has 2 aliphatic rings. The van der Waals surface area contributed by atoms with Gasteiger partial charge in [0.2, 0.25) is 0 Å². The molecule has 1 aliphatic heterocycles. The number of likely N-dealkylation sites (N-methyl/N-ethyl adjacent to an activating group) is 1. The molecule has 0 aromatic carbocycles. The maximum Gasteiger partial charge on any atom is 0.0472 e. The minimum Gasteiger partial charge on any atom is -0.329 e. The van der Waals surface area contributed by atoms with Gasteiger partial charge in [-0.1, -0.05) is 26.7 Å². The van der Waals surface area contributed by atoms with Gasteiger partial charge in [-0.2, -0.15) is 11.8 Å². The fourth-order valence-corrected chi connectivity index (χ4v) is 5.54. The third-order valence-corrected chi connectivity index (χ3v) is 6.53. The highest BCUT2D eigenvalue weighted by atomic mass is 32.2. The van der Waals surface area contributed by atoms with E-state index in [0.29, 0.717) is 5.41 Å². The van der Waals surface area contributed by atoms with E-state index in [-0.39, 0.29) is 5.54 Å². The van der Waals surface area contributed by atoms with Crippen molar-refractivity contribution < 1.29 is 0 Å². The fraction of sp³-hybridized carbons (Fsp3) is 1.00. The van der Waals surface area contributed by atoms with Crippen molar-refractivity contribution >= 4 is 11.8 Å². The van der Waals surface area contributed by atoms with Crippen LogP contribution in [0.25, 0.3) is 0 Å². The number of nitrogens with two attached hydrogens (primary N) is 1. The molecule has 3 heteroatoms. The molecule has 1 heterocycles. The van der Waals surface area contributed by atoms with Crippen LogP contribution in [0.5, 0.6) is 0 Å². The zero-order valence-electron chi connectivity index (χ0n) is 11.7. The first kappa shape index (κ1) is 13.7. The van der Waals surface area contributed by atoms with Crippen LogP contribution >= 0.6 is 11.8 Å². The first-order valence-corrected chi connectivity index (χ1v) is 8.20. The second-order valence-electron chi connectivity index (χ2n) is 6.47. The second-order valence-corrected chi connectivity index (χ2v) is 7.58. The molecule has 0 radical (unpaired) electrons. The van der Waals surface area contributed by atoms with Crippen molar-refractivity contribution in [2.45, 2.75) is 57.5 Å². The summed E-state index contributed by atoms with van der Waals surface area (Å²) in [5, 5.41) is 0. The molecule has 1 aliphatic carbocycles. The Hall–Kier alpha value is 0.270. The average Bonchev–Trinajstić information content (AvgIpc) is 2.81. The molecule has 2 N–H and O–H groups in total. The van der Waals surface area contributed by atoms with Crippen LogP contribution in [0.15, 0.2) is 0 Å². The van der Waals surface area contributed by atoms with Crippen molar-refractivity contribution in [3.63, 3.8) is 0 Å². The van der Waals surface area contributed by atoms with E-state index < -0.39 is 0 Å². The summed E-state index contributed by atoms with van der Waals surface area (Å²) in [5.74, 6) is 2.51. The smallest absolute Gasteiger partial charge is 0.0472 e. The van der Waals surface area contributed by atoms with Crippen LogP contribution in [0.4, 0.5) is 0 Å². The molecule has 0 amide bonds. The van der Waals surface area contributed by atoms with Gasteiger partial charge in [-0.15, -0.1) is 0 Å². The monoisotopic (exact) mass is 256 g/mol. The third kappa shape index (κ3) is 2.26. The number of rotatable bonds is 3. The Bertz CT molecular complexity index is 261. The summed E-state index contributed by atoms with van der Waals surface area (Å²) >= 11 is 2.09. The third-order valence-electron chi connectivity index (χ3n) is 5.36. The summed E-state index contributed by atoms with van der Waals surface area (Å²) in [6.07, 6.45) is 6.86. The number of nitrogens with zero attached hydrogens (tertiary/aromatic N) is 1. The van der Waals surface area contributed by atoms with Crippen molar-refractivity contribution in [2.24, 2.45) is 11.1 Å². The van der Waals surface area contributed by atoms with E-state index >= 15 is 0 Å². The molecule has 1 saturated heterocycles. The summed E-state index contributed by atoms with van der Waals surface area (Å²) in [5.41, 5.74) is 6.79. The topological polar surface area (TPSA) is 29.3 Å². The van der Waals surface area contributed by atoms with Gasteiger partial charge in [0.25, 0.3) is 0 Å². The first-order valence-electron chi connectivity index (χ1n) is 7.04. The van der Waals surface area contributed by atoms with Crippen molar-refractivity contribution in [1.29, 1.82) is 0 Å². The summed E-state index contributed by atoms with van der Waals surface area (Å²) in [6.45, 7) is 5.65. The first-order chi connectivity index (χ1) is 8.03. The number of hydrogen-bond donors (Lipinski definition) is 1. The summed E-state index contributed by atoms with van der Waals surface area (Å²) < 4.78 is 0. The van der Waals surface area contributed by atoms with E-state index in [1.54, 1.807) is 0 Å². The largest absolute Gasteiger partial charge is 0.329 e. The molecule has 0 bridgehead atoms. The van der Waals surface area contributed by atoms with Crippen LogP contribution < -0.4 is 5.73 Å². The highest BCUT2D eigenvalue weighted by Gasteiger charge is 2.50. The van der Waals surface area contributed by atoms with Gasteiger partial charge >= 0.3 is 0 Å². The van der Waals surface area contributed by atoms with E-state index in [1.807, 2.05) is 0 Å². The molecule has 1 unspecified atom stereocenters. The van der Waals surface area contributed by atoms with Crippen molar-refractivity contribution in [1.82, 2.24) is 4.90 Å². The van der Waals surface area contributed by atoms with Gasteiger partial charge in [0.1, 0.15) is 0 Å². The molecule has 0 spiro atoms. The molecule has 17 heavy (non-hydrogen) atoms. The van der Waals surface area contributed by atoms with Gasteiger partial charge in [-0.05, 0) is 37.5 Å². The highest BCUT2D eigenvalue weighted by molar-refractivity contribution is 7.99. The molecule has 2 fully saturated rings. The Kier molecular flexibility index (Phi) is 4.11. The predicted octanol–water partition coefficient (Wildman–Crippen LogP) is 2.72. The molecule has 2 rings (SSSR count). The van der Waals surface area contributed by atoms with Crippen molar-refractivity contribution in [2.75, 3.05) is 25.1 Å². The average molecular weight is 256 g/mol. The molecule has 100 valence electrons. The molecule has 1 saturated carbocycles.